The first-order chi connectivity index (χ1) is 8.63. The Morgan fingerprint density at radius 3 is 2.89 bits per heavy atom. The topological polar surface area (TPSA) is 53.1 Å². The highest BCUT2D eigenvalue weighted by atomic mass is 19.1. The van der Waals surface area contributed by atoms with Gasteiger partial charge in [-0.25, -0.2) is 4.98 Å². The molecule has 2 N–H and O–H groups in total. The first kappa shape index (κ1) is 12.7. The SMILES string of the molecule is CC(C)Oc1cccc2c1nc(N)n2CCCF. The normalized spacial score (nSPS) is 11.3. The van der Waals surface area contributed by atoms with Gasteiger partial charge in [0, 0.05) is 6.54 Å². The van der Waals surface area contributed by atoms with Crippen LogP contribution in [0.3, 0.4) is 0 Å². The van der Waals surface area contributed by atoms with Crippen molar-refractivity contribution in [1.82, 2.24) is 9.55 Å². The van der Waals surface area contributed by atoms with Crippen LogP contribution >= 0.6 is 0 Å². The lowest BCUT2D eigenvalue weighted by Gasteiger charge is -2.10. The zero-order valence-electron chi connectivity index (χ0n) is 10.7. The zero-order valence-corrected chi connectivity index (χ0v) is 10.7. The predicted octanol–water partition coefficient (Wildman–Crippen LogP) is 2.77. The fraction of sp³-hybridized carbons (Fsp3) is 0.462. The number of halogens is 1. The molecule has 0 fully saturated rings. The highest BCUT2D eigenvalue weighted by molar-refractivity contribution is 5.84. The van der Waals surface area contributed by atoms with E-state index in [0.717, 1.165) is 11.0 Å². The smallest absolute Gasteiger partial charge is 0.201 e. The minimum Gasteiger partial charge on any atom is -0.489 e. The number of nitrogens with zero attached hydrogens (tertiary/aromatic N) is 2. The number of aryl methyl sites for hydroxylation is 1. The summed E-state index contributed by atoms with van der Waals surface area (Å²) >= 11 is 0. The number of nitrogen functional groups attached to an aromatic ring is 1. The number of hydrogen-bond donors (Lipinski definition) is 1. The summed E-state index contributed by atoms with van der Waals surface area (Å²) < 4.78 is 19.8. The minimum absolute atomic E-state index is 0.0767. The van der Waals surface area contributed by atoms with Gasteiger partial charge in [0.15, 0.2) is 0 Å². The Hall–Kier alpha value is -1.78. The predicted molar refractivity (Wildman–Crippen MR) is 70.5 cm³/mol. The first-order valence-corrected chi connectivity index (χ1v) is 6.11. The highest BCUT2D eigenvalue weighted by Crippen LogP contribution is 2.27. The number of alkyl halides is 1. The molecule has 0 aliphatic heterocycles. The molecule has 0 radical (unpaired) electrons. The van der Waals surface area contributed by atoms with Crippen molar-refractivity contribution < 1.29 is 9.13 Å². The van der Waals surface area contributed by atoms with Crippen LogP contribution < -0.4 is 10.5 Å². The molecule has 2 aromatic rings. The lowest BCUT2D eigenvalue weighted by molar-refractivity contribution is 0.245. The summed E-state index contributed by atoms with van der Waals surface area (Å²) in [5.41, 5.74) is 7.49. The number of hydrogen-bond acceptors (Lipinski definition) is 3. The summed E-state index contributed by atoms with van der Waals surface area (Å²) in [5.74, 6) is 1.12. The minimum atomic E-state index is -0.360. The van der Waals surface area contributed by atoms with E-state index in [1.54, 1.807) is 0 Å². The Labute approximate surface area is 106 Å². The van der Waals surface area contributed by atoms with E-state index < -0.39 is 0 Å². The van der Waals surface area contributed by atoms with Crippen molar-refractivity contribution >= 4 is 17.0 Å². The summed E-state index contributed by atoms with van der Waals surface area (Å²) in [5, 5.41) is 0. The van der Waals surface area contributed by atoms with Gasteiger partial charge in [-0.1, -0.05) is 6.07 Å². The summed E-state index contributed by atoms with van der Waals surface area (Å²) in [6.45, 7) is 4.09. The fourth-order valence-electron chi connectivity index (χ4n) is 1.94. The molecular formula is C13H18FN3O. The molecular weight excluding hydrogens is 233 g/mol. The van der Waals surface area contributed by atoms with Gasteiger partial charge in [0.25, 0.3) is 0 Å². The summed E-state index contributed by atoms with van der Waals surface area (Å²) in [4.78, 5) is 4.31. The molecule has 1 aromatic heterocycles. The number of ether oxygens (including phenoxy) is 1. The average Bonchev–Trinajstić information content (AvgIpc) is 2.63. The second-order valence-corrected chi connectivity index (χ2v) is 4.45. The maximum atomic E-state index is 12.3. The number of imidazole rings is 1. The first-order valence-electron chi connectivity index (χ1n) is 6.11. The van der Waals surface area contributed by atoms with Gasteiger partial charge in [-0.15, -0.1) is 0 Å². The van der Waals surface area contributed by atoms with Crippen molar-refractivity contribution in [3.05, 3.63) is 18.2 Å². The molecule has 0 bridgehead atoms. The average molecular weight is 251 g/mol. The van der Waals surface area contributed by atoms with Crippen molar-refractivity contribution in [2.24, 2.45) is 0 Å². The summed E-state index contributed by atoms with van der Waals surface area (Å²) in [7, 11) is 0. The second kappa shape index (κ2) is 5.25. The maximum absolute atomic E-state index is 12.3. The maximum Gasteiger partial charge on any atom is 0.201 e. The van der Waals surface area contributed by atoms with Crippen LogP contribution in [0.2, 0.25) is 0 Å². The van der Waals surface area contributed by atoms with Gasteiger partial charge in [-0.3, -0.25) is 4.39 Å². The van der Waals surface area contributed by atoms with Gasteiger partial charge in [-0.05, 0) is 32.4 Å². The van der Waals surface area contributed by atoms with E-state index in [9.17, 15) is 4.39 Å². The van der Waals surface area contributed by atoms with E-state index in [4.69, 9.17) is 10.5 Å². The van der Waals surface area contributed by atoms with Crippen LogP contribution in [-0.2, 0) is 6.54 Å². The third-order valence-electron chi connectivity index (χ3n) is 2.65. The van der Waals surface area contributed by atoms with Crippen LogP contribution in [-0.4, -0.2) is 22.3 Å². The molecule has 2 rings (SSSR count). The number of rotatable bonds is 5. The molecule has 5 heteroatoms. The monoisotopic (exact) mass is 251 g/mol. The lowest BCUT2D eigenvalue weighted by atomic mass is 10.3. The van der Waals surface area contributed by atoms with E-state index >= 15 is 0 Å². The fourth-order valence-corrected chi connectivity index (χ4v) is 1.94. The molecule has 0 aliphatic carbocycles. The number of anilines is 1. The Morgan fingerprint density at radius 1 is 1.44 bits per heavy atom. The molecule has 0 spiro atoms. The lowest BCUT2D eigenvalue weighted by Crippen LogP contribution is -2.06. The van der Waals surface area contributed by atoms with E-state index in [-0.39, 0.29) is 12.8 Å². The van der Waals surface area contributed by atoms with Gasteiger partial charge in [0.05, 0.1) is 18.3 Å². The number of nitrogens with two attached hydrogens (primary N) is 1. The molecule has 98 valence electrons. The highest BCUT2D eigenvalue weighted by Gasteiger charge is 2.12. The van der Waals surface area contributed by atoms with Crippen molar-refractivity contribution in [1.29, 1.82) is 0 Å². The number of benzene rings is 1. The molecule has 4 nitrogen and oxygen atoms in total. The van der Waals surface area contributed by atoms with Gasteiger partial charge < -0.3 is 15.0 Å². The van der Waals surface area contributed by atoms with Crippen LogP contribution in [0.15, 0.2) is 18.2 Å². The number of aromatic nitrogens is 2. The van der Waals surface area contributed by atoms with Crippen LogP contribution in [0, 0.1) is 0 Å². The van der Waals surface area contributed by atoms with Crippen molar-refractivity contribution in [3.63, 3.8) is 0 Å². The third-order valence-corrected chi connectivity index (χ3v) is 2.65. The molecule has 0 amide bonds. The van der Waals surface area contributed by atoms with Gasteiger partial charge in [0.2, 0.25) is 5.95 Å². The van der Waals surface area contributed by atoms with E-state index in [2.05, 4.69) is 4.98 Å². The summed E-state index contributed by atoms with van der Waals surface area (Å²) in [6, 6.07) is 5.69. The van der Waals surface area contributed by atoms with Crippen LogP contribution in [0.4, 0.5) is 10.3 Å². The Kier molecular flexibility index (Phi) is 3.69. The number of para-hydroxylation sites is 1. The molecule has 0 aliphatic rings. The number of fused-ring (bicyclic) bond motifs is 1. The largest absolute Gasteiger partial charge is 0.489 e. The molecule has 0 saturated heterocycles. The van der Waals surface area contributed by atoms with Crippen LogP contribution in [0.5, 0.6) is 5.75 Å². The third kappa shape index (κ3) is 2.39. The van der Waals surface area contributed by atoms with Crippen LogP contribution in [0.1, 0.15) is 20.3 Å². The van der Waals surface area contributed by atoms with Gasteiger partial charge in [-0.2, -0.15) is 0 Å². The van der Waals surface area contributed by atoms with Gasteiger partial charge >= 0.3 is 0 Å². The van der Waals surface area contributed by atoms with Crippen molar-refractivity contribution in [2.45, 2.75) is 32.9 Å². The second-order valence-electron chi connectivity index (χ2n) is 4.45. The van der Waals surface area contributed by atoms with Crippen LogP contribution in [0.25, 0.3) is 11.0 Å². The van der Waals surface area contributed by atoms with Gasteiger partial charge in [0.1, 0.15) is 11.3 Å². The Morgan fingerprint density at radius 2 is 2.22 bits per heavy atom. The molecule has 0 saturated carbocycles. The molecule has 1 aromatic carbocycles. The van der Waals surface area contributed by atoms with Crippen molar-refractivity contribution in [2.75, 3.05) is 12.4 Å². The van der Waals surface area contributed by atoms with E-state index in [1.807, 2.05) is 36.6 Å². The summed E-state index contributed by atoms with van der Waals surface area (Å²) in [6.07, 6.45) is 0.512. The quantitative estimate of drug-likeness (QED) is 0.889. The Balaban J connectivity index is 2.45. The Bertz CT molecular complexity index is 536. The molecule has 0 atom stereocenters. The molecule has 1 heterocycles. The molecule has 0 unspecified atom stereocenters. The molecule has 18 heavy (non-hydrogen) atoms. The van der Waals surface area contributed by atoms with E-state index in [1.165, 1.54) is 0 Å². The van der Waals surface area contributed by atoms with E-state index in [0.29, 0.717) is 24.7 Å². The standard InChI is InChI=1S/C13H18FN3O/c1-9(2)18-11-6-3-5-10-12(11)16-13(15)17(10)8-4-7-14/h3,5-6,9H,4,7-8H2,1-2H3,(H2,15,16). The van der Waals surface area contributed by atoms with Crippen molar-refractivity contribution in [3.8, 4) is 5.75 Å². The zero-order chi connectivity index (χ0) is 13.1.